The minimum Gasteiger partial charge on any atom is -0.272 e. The SMILES string of the molecule is Cc1nn(C)c(C)c1/C=N/NC(=O)c1cc(-c2ccccc2Cl)nc2ccccc12. The number of hydrogen-bond acceptors (Lipinski definition) is 4. The van der Waals surface area contributed by atoms with Crippen LogP contribution in [-0.4, -0.2) is 26.9 Å². The van der Waals surface area contributed by atoms with Gasteiger partial charge in [-0.1, -0.05) is 48.0 Å². The summed E-state index contributed by atoms with van der Waals surface area (Å²) in [5.41, 5.74) is 7.93. The molecule has 0 spiro atoms. The van der Waals surface area contributed by atoms with E-state index in [1.165, 1.54) is 0 Å². The Labute approximate surface area is 179 Å². The quantitative estimate of drug-likeness (QED) is 0.387. The van der Waals surface area contributed by atoms with Crippen molar-refractivity contribution < 1.29 is 4.79 Å². The summed E-state index contributed by atoms with van der Waals surface area (Å²) in [6.45, 7) is 3.86. The maximum Gasteiger partial charge on any atom is 0.272 e. The van der Waals surface area contributed by atoms with E-state index in [2.05, 4.69) is 20.6 Å². The Balaban J connectivity index is 1.71. The molecule has 0 bridgehead atoms. The van der Waals surface area contributed by atoms with Crippen molar-refractivity contribution in [3.05, 3.63) is 82.1 Å². The fourth-order valence-electron chi connectivity index (χ4n) is 3.36. The number of hydrazone groups is 1. The summed E-state index contributed by atoms with van der Waals surface area (Å²) in [7, 11) is 1.87. The molecular formula is C23H20ClN5O. The Morgan fingerprint density at radius 3 is 2.60 bits per heavy atom. The van der Waals surface area contributed by atoms with Gasteiger partial charge in [-0.2, -0.15) is 10.2 Å². The normalized spacial score (nSPS) is 11.3. The lowest BCUT2D eigenvalue weighted by molar-refractivity contribution is 0.0956. The van der Waals surface area contributed by atoms with Gasteiger partial charge >= 0.3 is 0 Å². The van der Waals surface area contributed by atoms with E-state index < -0.39 is 0 Å². The summed E-state index contributed by atoms with van der Waals surface area (Å²) in [5, 5.41) is 9.83. The van der Waals surface area contributed by atoms with Crippen molar-refractivity contribution in [2.75, 3.05) is 0 Å². The fraction of sp³-hybridized carbons (Fsp3) is 0.130. The maximum absolute atomic E-state index is 13.0. The van der Waals surface area contributed by atoms with Gasteiger partial charge in [-0.3, -0.25) is 9.48 Å². The Morgan fingerprint density at radius 2 is 1.87 bits per heavy atom. The number of nitrogens with one attached hydrogen (secondary N) is 1. The summed E-state index contributed by atoms with van der Waals surface area (Å²) in [6, 6.07) is 16.7. The van der Waals surface area contributed by atoms with Crippen molar-refractivity contribution in [3.63, 3.8) is 0 Å². The second-order valence-corrected chi connectivity index (χ2v) is 7.37. The van der Waals surface area contributed by atoms with Gasteiger partial charge in [0.25, 0.3) is 5.91 Å². The molecular weight excluding hydrogens is 398 g/mol. The first-order chi connectivity index (χ1) is 14.5. The van der Waals surface area contributed by atoms with Crippen molar-refractivity contribution in [1.82, 2.24) is 20.2 Å². The fourth-order valence-corrected chi connectivity index (χ4v) is 3.60. The molecule has 2 aromatic carbocycles. The first-order valence-electron chi connectivity index (χ1n) is 9.44. The van der Waals surface area contributed by atoms with E-state index in [9.17, 15) is 4.79 Å². The summed E-state index contributed by atoms with van der Waals surface area (Å²) in [6.07, 6.45) is 1.62. The summed E-state index contributed by atoms with van der Waals surface area (Å²) >= 11 is 6.35. The minimum absolute atomic E-state index is 0.322. The van der Waals surface area contributed by atoms with Crippen molar-refractivity contribution in [3.8, 4) is 11.3 Å². The smallest absolute Gasteiger partial charge is 0.272 e. The highest BCUT2D eigenvalue weighted by atomic mass is 35.5. The molecule has 2 aromatic heterocycles. The van der Waals surface area contributed by atoms with Gasteiger partial charge in [0, 0.05) is 34.3 Å². The molecule has 7 heteroatoms. The van der Waals surface area contributed by atoms with Crippen LogP contribution >= 0.6 is 11.6 Å². The predicted molar refractivity (Wildman–Crippen MR) is 120 cm³/mol. The van der Waals surface area contributed by atoms with E-state index >= 15 is 0 Å². The average molecular weight is 418 g/mol. The molecule has 30 heavy (non-hydrogen) atoms. The molecule has 4 rings (SSSR count). The molecule has 2 heterocycles. The van der Waals surface area contributed by atoms with Gasteiger partial charge in [-0.05, 0) is 32.0 Å². The monoisotopic (exact) mass is 417 g/mol. The third-order valence-electron chi connectivity index (χ3n) is 5.04. The number of aryl methyl sites for hydroxylation is 2. The highest BCUT2D eigenvalue weighted by Crippen LogP contribution is 2.29. The van der Waals surface area contributed by atoms with Crippen LogP contribution in [0.1, 0.15) is 27.3 Å². The maximum atomic E-state index is 13.0. The van der Waals surface area contributed by atoms with Crippen molar-refractivity contribution in [2.24, 2.45) is 12.1 Å². The molecule has 0 saturated carbocycles. The van der Waals surface area contributed by atoms with E-state index in [1.54, 1.807) is 23.0 Å². The van der Waals surface area contributed by atoms with Crippen molar-refractivity contribution in [2.45, 2.75) is 13.8 Å². The number of hydrogen-bond donors (Lipinski definition) is 1. The van der Waals surface area contributed by atoms with Crippen LogP contribution in [0, 0.1) is 13.8 Å². The van der Waals surface area contributed by atoms with Gasteiger partial charge in [0.05, 0.1) is 28.7 Å². The number of halogens is 1. The first-order valence-corrected chi connectivity index (χ1v) is 9.82. The number of pyridine rings is 1. The number of amides is 1. The molecule has 1 amide bonds. The van der Waals surface area contributed by atoms with Crippen LogP contribution in [-0.2, 0) is 7.05 Å². The molecule has 0 unspecified atom stereocenters. The molecule has 150 valence electrons. The number of carbonyl (C=O) groups is 1. The summed E-state index contributed by atoms with van der Waals surface area (Å²) < 4.78 is 1.78. The number of fused-ring (bicyclic) bond motifs is 1. The Kier molecular flexibility index (Phi) is 5.33. The van der Waals surface area contributed by atoms with E-state index in [4.69, 9.17) is 11.6 Å². The zero-order valence-electron chi connectivity index (χ0n) is 16.8. The molecule has 6 nitrogen and oxygen atoms in total. The second-order valence-electron chi connectivity index (χ2n) is 6.96. The van der Waals surface area contributed by atoms with Crippen molar-refractivity contribution in [1.29, 1.82) is 0 Å². The van der Waals surface area contributed by atoms with Crippen LogP contribution in [0.3, 0.4) is 0 Å². The molecule has 0 radical (unpaired) electrons. The average Bonchev–Trinajstić information content (AvgIpc) is 2.99. The van der Waals surface area contributed by atoms with Gasteiger partial charge in [0.2, 0.25) is 0 Å². The molecule has 1 N–H and O–H groups in total. The third kappa shape index (κ3) is 3.69. The van der Waals surface area contributed by atoms with Gasteiger partial charge in [0.15, 0.2) is 0 Å². The number of benzene rings is 2. The largest absolute Gasteiger partial charge is 0.272 e. The molecule has 0 fully saturated rings. The summed E-state index contributed by atoms with van der Waals surface area (Å²) in [5.74, 6) is -0.322. The standard InChI is InChI=1S/C23H20ClN5O/c1-14-19(15(2)29(3)28-14)13-25-27-23(30)18-12-22(17-9-4-6-10-20(17)24)26-21-11-7-5-8-16(18)21/h4-13H,1-3H3,(H,27,30)/b25-13+. The summed E-state index contributed by atoms with van der Waals surface area (Å²) in [4.78, 5) is 17.7. The van der Waals surface area contributed by atoms with Gasteiger partial charge in [-0.15, -0.1) is 0 Å². The van der Waals surface area contributed by atoms with Crippen LogP contribution in [0.4, 0.5) is 0 Å². The number of aromatic nitrogens is 3. The topological polar surface area (TPSA) is 72.2 Å². The highest BCUT2D eigenvalue weighted by Gasteiger charge is 2.15. The lowest BCUT2D eigenvalue weighted by atomic mass is 10.0. The highest BCUT2D eigenvalue weighted by molar-refractivity contribution is 6.33. The number of rotatable bonds is 4. The molecule has 0 saturated heterocycles. The Hall–Kier alpha value is -3.51. The zero-order chi connectivity index (χ0) is 21.3. The van der Waals surface area contributed by atoms with Crippen LogP contribution in [0.15, 0.2) is 59.7 Å². The minimum atomic E-state index is -0.322. The molecule has 0 aliphatic heterocycles. The van der Waals surface area contributed by atoms with Crippen LogP contribution < -0.4 is 5.43 Å². The van der Waals surface area contributed by atoms with Crippen LogP contribution in [0.5, 0.6) is 0 Å². The van der Waals surface area contributed by atoms with E-state index in [-0.39, 0.29) is 5.91 Å². The lowest BCUT2D eigenvalue weighted by Crippen LogP contribution is -2.18. The van der Waals surface area contributed by atoms with Crippen LogP contribution in [0.2, 0.25) is 5.02 Å². The lowest BCUT2D eigenvalue weighted by Gasteiger charge is -2.10. The second kappa shape index (κ2) is 8.08. The molecule has 0 atom stereocenters. The number of para-hydroxylation sites is 1. The van der Waals surface area contributed by atoms with Gasteiger partial charge in [0.1, 0.15) is 0 Å². The van der Waals surface area contributed by atoms with E-state index in [0.29, 0.717) is 21.8 Å². The number of nitrogens with zero attached hydrogens (tertiary/aromatic N) is 4. The number of carbonyl (C=O) groups excluding carboxylic acids is 1. The van der Waals surface area contributed by atoms with Gasteiger partial charge in [-0.25, -0.2) is 10.4 Å². The predicted octanol–water partition coefficient (Wildman–Crippen LogP) is 4.67. The van der Waals surface area contributed by atoms with E-state index in [0.717, 1.165) is 27.9 Å². The molecule has 0 aliphatic carbocycles. The first kappa shape index (κ1) is 19.8. The van der Waals surface area contributed by atoms with E-state index in [1.807, 2.05) is 63.4 Å². The Morgan fingerprint density at radius 1 is 1.13 bits per heavy atom. The Bertz CT molecular complexity index is 1290. The molecule has 4 aromatic rings. The van der Waals surface area contributed by atoms with Crippen molar-refractivity contribution >= 4 is 34.6 Å². The third-order valence-corrected chi connectivity index (χ3v) is 5.36. The zero-order valence-corrected chi connectivity index (χ0v) is 17.6. The van der Waals surface area contributed by atoms with Crippen LogP contribution in [0.25, 0.3) is 22.2 Å². The van der Waals surface area contributed by atoms with Gasteiger partial charge < -0.3 is 0 Å². The molecule has 0 aliphatic rings.